The van der Waals surface area contributed by atoms with Gasteiger partial charge in [0.15, 0.2) is 22.9 Å². The van der Waals surface area contributed by atoms with E-state index in [-0.39, 0.29) is 17.1 Å². The molecule has 3 rings (SSSR count). The van der Waals surface area contributed by atoms with Gasteiger partial charge in [0.25, 0.3) is 0 Å². The highest BCUT2D eigenvalue weighted by molar-refractivity contribution is 9.10. The molecule has 1 aliphatic carbocycles. The molecule has 2 aromatic rings. The van der Waals surface area contributed by atoms with Crippen molar-refractivity contribution >= 4 is 38.7 Å². The zero-order valence-corrected chi connectivity index (χ0v) is 16.7. The molecule has 0 heterocycles. The summed E-state index contributed by atoms with van der Waals surface area (Å²) in [4.78, 5) is 0. The predicted molar refractivity (Wildman–Crippen MR) is 104 cm³/mol. The van der Waals surface area contributed by atoms with Gasteiger partial charge in [0.2, 0.25) is 0 Å². The number of hydrogen-bond donors (Lipinski definition) is 5. The number of quaternary nitrogens is 2. The van der Waals surface area contributed by atoms with Gasteiger partial charge in [-0.05, 0) is 30.5 Å². The number of halogens is 1. The maximum Gasteiger partial charge on any atom is 0.195 e. The first-order chi connectivity index (χ1) is 13.4. The zero-order valence-electron chi connectivity index (χ0n) is 15.1. The van der Waals surface area contributed by atoms with Crippen LogP contribution in [0.3, 0.4) is 0 Å². The molecule has 0 radical (unpaired) electrons. The average Bonchev–Trinajstić information content (AvgIpc) is 3.10. The van der Waals surface area contributed by atoms with E-state index in [0.29, 0.717) is 23.6 Å². The number of nitrogens with zero attached hydrogens (tertiary/aromatic N) is 1. The third-order valence-corrected chi connectivity index (χ3v) is 5.14. The quantitative estimate of drug-likeness (QED) is 0.411. The maximum atomic E-state index is 11.5. The molecule has 28 heavy (non-hydrogen) atoms. The Morgan fingerprint density at radius 3 is 2.46 bits per heavy atom. The first kappa shape index (κ1) is 20.5. The lowest BCUT2D eigenvalue weighted by atomic mass is 10.1. The first-order valence-corrected chi connectivity index (χ1v) is 9.03. The number of anilines is 1. The summed E-state index contributed by atoms with van der Waals surface area (Å²) in [5.41, 5.74) is 5.16. The molecule has 0 saturated carbocycles. The predicted octanol–water partition coefficient (Wildman–Crippen LogP) is 1.04. The van der Waals surface area contributed by atoms with Crippen LogP contribution in [0.4, 0.5) is 17.1 Å². The van der Waals surface area contributed by atoms with E-state index in [1.165, 1.54) is 12.1 Å². The third kappa shape index (κ3) is 3.82. The highest BCUT2D eigenvalue weighted by Crippen LogP contribution is 2.42. The Balaban J connectivity index is 2.00. The Morgan fingerprint density at radius 2 is 1.86 bits per heavy atom. The van der Waals surface area contributed by atoms with Crippen LogP contribution >= 0.6 is 15.9 Å². The van der Waals surface area contributed by atoms with Gasteiger partial charge in [-0.2, -0.15) is 15.6 Å². The number of hydrazone groups is 1. The molecule has 2 atom stereocenters. The molecule has 1 aliphatic rings. The molecule has 10 nitrogen and oxygen atoms in total. The van der Waals surface area contributed by atoms with Crippen molar-refractivity contribution < 1.29 is 30.3 Å². The minimum atomic E-state index is -1.25. The van der Waals surface area contributed by atoms with Crippen LogP contribution in [0.15, 0.2) is 33.8 Å². The summed E-state index contributed by atoms with van der Waals surface area (Å²) in [6.07, 6.45) is 1.36. The second-order valence-corrected chi connectivity index (χ2v) is 6.84. The summed E-state index contributed by atoms with van der Waals surface area (Å²) >= 11 is 3.53. The fraction of sp³-hybridized carbons (Fsp3) is 0.235. The Hall–Kier alpha value is -2.25. The summed E-state index contributed by atoms with van der Waals surface area (Å²) < 4.78 is 11.8. The molecule has 0 bridgehead atoms. The van der Waals surface area contributed by atoms with E-state index >= 15 is 0 Å². The summed E-state index contributed by atoms with van der Waals surface area (Å²) in [5, 5.41) is 42.9. The summed E-state index contributed by atoms with van der Waals surface area (Å²) in [7, 11) is 3.09. The van der Waals surface area contributed by atoms with Crippen molar-refractivity contribution in [1.82, 2.24) is 0 Å². The maximum absolute atomic E-state index is 11.5. The van der Waals surface area contributed by atoms with Gasteiger partial charge in [0.05, 0.1) is 26.0 Å². The lowest BCUT2D eigenvalue weighted by Crippen LogP contribution is -3.00. The van der Waals surface area contributed by atoms with Crippen LogP contribution in [0.2, 0.25) is 0 Å². The summed E-state index contributed by atoms with van der Waals surface area (Å²) in [6.45, 7) is 0. The van der Waals surface area contributed by atoms with Gasteiger partial charge >= 0.3 is 0 Å². The van der Waals surface area contributed by atoms with Crippen LogP contribution in [0.1, 0.15) is 17.5 Å². The number of benzene rings is 2. The molecule has 0 spiro atoms. The van der Waals surface area contributed by atoms with E-state index in [1.807, 2.05) is 6.07 Å². The van der Waals surface area contributed by atoms with Gasteiger partial charge in [-0.25, -0.2) is 10.4 Å². The lowest BCUT2D eigenvalue weighted by Gasteiger charge is -2.18. The van der Waals surface area contributed by atoms with Gasteiger partial charge in [0, 0.05) is 16.1 Å². The molecule has 0 fully saturated rings. The van der Waals surface area contributed by atoms with Crippen molar-refractivity contribution in [2.45, 2.75) is 12.8 Å². The Morgan fingerprint density at radius 1 is 1.11 bits per heavy atom. The van der Waals surface area contributed by atoms with Crippen LogP contribution < -0.4 is 25.4 Å². The molecule has 0 saturated heterocycles. The Labute approximate surface area is 168 Å². The average molecular weight is 455 g/mol. The van der Waals surface area contributed by atoms with E-state index in [1.54, 1.807) is 14.2 Å². The van der Waals surface area contributed by atoms with Crippen molar-refractivity contribution in [1.29, 1.82) is 0 Å². The number of ether oxygens (including phenoxy) is 2. The molecule has 11 heteroatoms. The second kappa shape index (κ2) is 8.41. The molecular formula is C17H19BrN4O6. The lowest BCUT2D eigenvalue weighted by molar-refractivity contribution is -0.996. The van der Waals surface area contributed by atoms with Gasteiger partial charge in [-0.1, -0.05) is 15.9 Å². The van der Waals surface area contributed by atoms with E-state index in [9.17, 15) is 15.6 Å². The Bertz CT molecular complexity index is 919. The van der Waals surface area contributed by atoms with Crippen LogP contribution in [-0.4, -0.2) is 30.3 Å². The zero-order chi connectivity index (χ0) is 20.4. The highest BCUT2D eigenvalue weighted by Gasteiger charge is 2.28. The molecule has 0 amide bonds. The first-order valence-electron chi connectivity index (χ1n) is 8.24. The smallest absolute Gasteiger partial charge is 0.195 e. The van der Waals surface area contributed by atoms with Crippen LogP contribution in [0.5, 0.6) is 11.5 Å². The second-order valence-electron chi connectivity index (χ2n) is 5.99. The van der Waals surface area contributed by atoms with Crippen LogP contribution in [0.25, 0.3) is 0 Å². The molecule has 0 aromatic heterocycles. The largest absolute Gasteiger partial charge is 0.595 e. The monoisotopic (exact) mass is 454 g/mol. The van der Waals surface area contributed by atoms with Gasteiger partial charge in [-0.15, -0.1) is 0 Å². The number of rotatable bonds is 6. The number of methoxy groups -OCH3 is 2. The van der Waals surface area contributed by atoms with Gasteiger partial charge in [-0.3, -0.25) is 5.43 Å². The molecule has 150 valence electrons. The standard InChI is InChI=1S/C17H19BrN4O6/c1-27-15-8-11(18)10-4-6-13(16(10)17(15)28-2)20-19-12-5-3-9(21(23)24)7-14(12)22(25)26/h3,5,7-8,19,21-23,25H,4,6H2,1-2H3. The SMILES string of the molecule is COc1cc(Br)c2c(c1OC)C(=NNc1ccc([NH+]([O-])O)cc1[NH+]([O-])O)CC2. The molecular weight excluding hydrogens is 436 g/mol. The van der Waals surface area contributed by atoms with Crippen molar-refractivity contribution in [2.75, 3.05) is 19.6 Å². The van der Waals surface area contributed by atoms with Crippen molar-refractivity contribution in [3.8, 4) is 11.5 Å². The highest BCUT2D eigenvalue weighted by atomic mass is 79.9. The fourth-order valence-corrected chi connectivity index (χ4v) is 3.72. The van der Waals surface area contributed by atoms with Gasteiger partial charge < -0.3 is 19.9 Å². The Kier molecular flexibility index (Phi) is 6.15. The molecule has 2 aromatic carbocycles. The third-order valence-electron chi connectivity index (χ3n) is 4.43. The van der Waals surface area contributed by atoms with E-state index in [4.69, 9.17) is 14.7 Å². The molecule has 2 unspecified atom stereocenters. The number of hydrogen-bond acceptors (Lipinski definition) is 8. The van der Waals surface area contributed by atoms with Crippen molar-refractivity contribution in [3.05, 3.63) is 50.3 Å². The number of fused-ring (bicyclic) bond motifs is 1. The minimum Gasteiger partial charge on any atom is -0.595 e. The normalized spacial score (nSPS) is 16.6. The summed E-state index contributed by atoms with van der Waals surface area (Å²) in [6, 6.07) is 5.63. The molecule has 5 N–H and O–H groups in total. The van der Waals surface area contributed by atoms with Crippen LogP contribution in [-0.2, 0) is 6.42 Å². The molecule has 0 aliphatic heterocycles. The van der Waals surface area contributed by atoms with E-state index in [0.717, 1.165) is 28.1 Å². The topological polar surface area (TPSA) is 138 Å². The van der Waals surface area contributed by atoms with Crippen molar-refractivity contribution in [2.24, 2.45) is 5.10 Å². The van der Waals surface area contributed by atoms with Gasteiger partial charge in [0.1, 0.15) is 5.69 Å². The minimum absolute atomic E-state index is 0.114. The van der Waals surface area contributed by atoms with E-state index < -0.39 is 10.5 Å². The van der Waals surface area contributed by atoms with Crippen LogP contribution in [0, 0.1) is 10.4 Å². The van der Waals surface area contributed by atoms with Crippen molar-refractivity contribution in [3.63, 3.8) is 0 Å². The van der Waals surface area contributed by atoms with E-state index in [2.05, 4.69) is 26.5 Å². The summed E-state index contributed by atoms with van der Waals surface area (Å²) in [5.74, 6) is 1.11. The fourth-order valence-electron chi connectivity index (χ4n) is 3.11. The number of nitrogens with one attached hydrogen (secondary N) is 3.